The summed E-state index contributed by atoms with van der Waals surface area (Å²) < 4.78 is 10.7. The van der Waals surface area contributed by atoms with Crippen LogP contribution in [0.4, 0.5) is 0 Å². The monoisotopic (exact) mass is 394 g/mol. The SMILES string of the molecule is CCOC(=O)C1CN(C(=O)c2cncs2)CC12CC(C(=O)OC(C)(C)C)C2. The van der Waals surface area contributed by atoms with Gasteiger partial charge in [-0.15, -0.1) is 11.3 Å². The summed E-state index contributed by atoms with van der Waals surface area (Å²) in [7, 11) is 0. The highest BCUT2D eigenvalue weighted by molar-refractivity contribution is 7.11. The van der Waals surface area contributed by atoms with E-state index < -0.39 is 16.9 Å². The maximum absolute atomic E-state index is 12.7. The molecule has 148 valence electrons. The number of ether oxygens (including phenoxy) is 2. The molecule has 7 nitrogen and oxygen atoms in total. The lowest BCUT2D eigenvalue weighted by molar-refractivity contribution is -0.173. The predicted molar refractivity (Wildman–Crippen MR) is 99.1 cm³/mol. The van der Waals surface area contributed by atoms with Gasteiger partial charge < -0.3 is 14.4 Å². The maximum Gasteiger partial charge on any atom is 0.311 e. The van der Waals surface area contributed by atoms with Crippen LogP contribution in [-0.2, 0) is 19.1 Å². The zero-order chi connectivity index (χ0) is 19.8. The second kappa shape index (κ2) is 7.22. The molecule has 1 spiro atoms. The first-order valence-electron chi connectivity index (χ1n) is 9.22. The van der Waals surface area contributed by atoms with E-state index in [4.69, 9.17) is 9.47 Å². The number of carbonyl (C=O) groups is 3. The van der Waals surface area contributed by atoms with Crippen molar-refractivity contribution in [2.75, 3.05) is 19.7 Å². The third-order valence-corrected chi connectivity index (χ3v) is 5.96. The lowest BCUT2D eigenvalue weighted by Crippen LogP contribution is -2.50. The largest absolute Gasteiger partial charge is 0.466 e. The molecule has 0 bridgehead atoms. The lowest BCUT2D eigenvalue weighted by Gasteiger charge is -2.46. The first-order chi connectivity index (χ1) is 12.6. The molecule has 1 saturated carbocycles. The molecule has 8 heteroatoms. The first kappa shape index (κ1) is 19.8. The average molecular weight is 394 g/mol. The molecular weight excluding hydrogens is 368 g/mol. The van der Waals surface area contributed by atoms with Crippen LogP contribution in [0, 0.1) is 17.3 Å². The molecule has 1 aromatic rings. The Morgan fingerprint density at radius 2 is 2.00 bits per heavy atom. The van der Waals surface area contributed by atoms with E-state index in [0.717, 1.165) is 0 Å². The van der Waals surface area contributed by atoms with Gasteiger partial charge in [0.05, 0.1) is 30.2 Å². The van der Waals surface area contributed by atoms with Gasteiger partial charge in [-0.25, -0.2) is 0 Å². The molecule has 1 aliphatic heterocycles. The number of esters is 2. The van der Waals surface area contributed by atoms with Crippen LogP contribution < -0.4 is 0 Å². The highest BCUT2D eigenvalue weighted by Gasteiger charge is 2.60. The summed E-state index contributed by atoms with van der Waals surface area (Å²) in [5.41, 5.74) is 0.669. The Morgan fingerprint density at radius 3 is 2.56 bits per heavy atom. The second-order valence-corrected chi connectivity index (χ2v) is 9.24. The number of rotatable bonds is 4. The van der Waals surface area contributed by atoms with Crippen molar-refractivity contribution in [3.8, 4) is 0 Å². The molecule has 2 aliphatic rings. The number of amides is 1. The summed E-state index contributed by atoms with van der Waals surface area (Å²) in [6.07, 6.45) is 2.62. The highest BCUT2D eigenvalue weighted by Crippen LogP contribution is 2.56. The molecule has 0 aromatic carbocycles. The lowest BCUT2D eigenvalue weighted by atomic mass is 9.57. The molecule has 27 heavy (non-hydrogen) atoms. The fraction of sp³-hybridized carbons (Fsp3) is 0.684. The summed E-state index contributed by atoms with van der Waals surface area (Å²) in [6, 6.07) is 0. The third kappa shape index (κ3) is 4.00. The Bertz CT molecular complexity index is 719. The summed E-state index contributed by atoms with van der Waals surface area (Å²) >= 11 is 1.28. The third-order valence-electron chi connectivity index (χ3n) is 5.20. The molecule has 1 atom stereocenters. The Labute approximate surface area is 163 Å². The van der Waals surface area contributed by atoms with Crippen LogP contribution in [0.25, 0.3) is 0 Å². The molecule has 1 saturated heterocycles. The van der Waals surface area contributed by atoms with Crippen LogP contribution in [-0.4, -0.2) is 53.0 Å². The van der Waals surface area contributed by atoms with Gasteiger partial charge in [-0.2, -0.15) is 0 Å². The topological polar surface area (TPSA) is 85.8 Å². The minimum absolute atomic E-state index is 0.121. The van der Waals surface area contributed by atoms with Crippen LogP contribution in [0.3, 0.4) is 0 Å². The molecule has 2 fully saturated rings. The average Bonchev–Trinajstić information content (AvgIpc) is 3.19. The van der Waals surface area contributed by atoms with E-state index in [1.807, 2.05) is 20.8 Å². The molecule has 1 unspecified atom stereocenters. The van der Waals surface area contributed by atoms with E-state index in [-0.39, 0.29) is 23.8 Å². The molecule has 0 N–H and O–H groups in total. The summed E-state index contributed by atoms with van der Waals surface area (Å²) in [5, 5.41) is 0. The number of likely N-dealkylation sites (tertiary alicyclic amines) is 1. The summed E-state index contributed by atoms with van der Waals surface area (Å²) in [6.45, 7) is 8.35. The summed E-state index contributed by atoms with van der Waals surface area (Å²) in [5.74, 6) is -1.29. The fourth-order valence-electron chi connectivity index (χ4n) is 4.06. The van der Waals surface area contributed by atoms with Crippen molar-refractivity contribution in [2.45, 2.75) is 46.1 Å². The number of thiazole rings is 1. The van der Waals surface area contributed by atoms with Crippen LogP contribution in [0.2, 0.25) is 0 Å². The van der Waals surface area contributed by atoms with E-state index in [9.17, 15) is 14.4 Å². The van der Waals surface area contributed by atoms with Gasteiger partial charge in [-0.05, 0) is 40.5 Å². The minimum atomic E-state index is -0.537. The van der Waals surface area contributed by atoms with Crippen LogP contribution >= 0.6 is 11.3 Å². The molecule has 1 aromatic heterocycles. The Kier molecular flexibility index (Phi) is 5.29. The van der Waals surface area contributed by atoms with E-state index in [1.54, 1.807) is 23.5 Å². The normalized spacial score (nSPS) is 27.3. The standard InChI is InChI=1S/C19H26N2O5S/c1-5-25-17(24)13-9-21(15(22)14-8-20-11-27-14)10-19(13)6-12(7-19)16(23)26-18(2,3)4/h8,11-13H,5-7,9-10H2,1-4H3. The van der Waals surface area contributed by atoms with Gasteiger partial charge in [-0.3, -0.25) is 19.4 Å². The van der Waals surface area contributed by atoms with Gasteiger partial charge in [0.2, 0.25) is 0 Å². The molecule has 2 heterocycles. The smallest absolute Gasteiger partial charge is 0.311 e. The number of carbonyl (C=O) groups excluding carboxylic acids is 3. The van der Waals surface area contributed by atoms with Gasteiger partial charge in [0.1, 0.15) is 10.5 Å². The molecule has 1 aliphatic carbocycles. The van der Waals surface area contributed by atoms with Crippen molar-refractivity contribution < 1.29 is 23.9 Å². The maximum atomic E-state index is 12.7. The van der Waals surface area contributed by atoms with Gasteiger partial charge in [-0.1, -0.05) is 0 Å². The highest BCUT2D eigenvalue weighted by atomic mass is 32.1. The van der Waals surface area contributed by atoms with Crippen LogP contribution in [0.15, 0.2) is 11.7 Å². The van der Waals surface area contributed by atoms with E-state index in [0.29, 0.717) is 37.4 Å². The van der Waals surface area contributed by atoms with Crippen molar-refractivity contribution in [3.05, 3.63) is 16.6 Å². The Balaban J connectivity index is 1.73. The van der Waals surface area contributed by atoms with Crippen molar-refractivity contribution in [1.29, 1.82) is 0 Å². The van der Waals surface area contributed by atoms with Gasteiger partial charge in [0, 0.05) is 18.5 Å². The Morgan fingerprint density at radius 1 is 1.30 bits per heavy atom. The van der Waals surface area contributed by atoms with Crippen molar-refractivity contribution in [3.63, 3.8) is 0 Å². The first-order valence-corrected chi connectivity index (χ1v) is 10.1. The van der Waals surface area contributed by atoms with E-state index in [1.165, 1.54) is 11.3 Å². The number of hydrogen-bond donors (Lipinski definition) is 0. The predicted octanol–water partition coefficient (Wildman–Crippen LogP) is 2.52. The quantitative estimate of drug-likeness (QED) is 0.730. The minimum Gasteiger partial charge on any atom is -0.466 e. The number of nitrogens with zero attached hydrogens (tertiary/aromatic N) is 2. The van der Waals surface area contributed by atoms with Crippen molar-refractivity contribution in [1.82, 2.24) is 9.88 Å². The number of hydrogen-bond acceptors (Lipinski definition) is 7. The molecule has 0 radical (unpaired) electrons. The molecular formula is C19H26N2O5S. The van der Waals surface area contributed by atoms with Crippen LogP contribution in [0.1, 0.15) is 50.2 Å². The Hall–Kier alpha value is -1.96. The zero-order valence-corrected chi connectivity index (χ0v) is 17.0. The van der Waals surface area contributed by atoms with Gasteiger partial charge >= 0.3 is 11.9 Å². The van der Waals surface area contributed by atoms with Gasteiger partial charge in [0.15, 0.2) is 0 Å². The van der Waals surface area contributed by atoms with Crippen molar-refractivity contribution >= 4 is 29.2 Å². The zero-order valence-electron chi connectivity index (χ0n) is 16.2. The number of aromatic nitrogens is 1. The van der Waals surface area contributed by atoms with E-state index >= 15 is 0 Å². The van der Waals surface area contributed by atoms with Crippen molar-refractivity contribution in [2.24, 2.45) is 17.3 Å². The van der Waals surface area contributed by atoms with Gasteiger partial charge in [0.25, 0.3) is 5.91 Å². The van der Waals surface area contributed by atoms with Crippen LogP contribution in [0.5, 0.6) is 0 Å². The molecule has 1 amide bonds. The fourth-order valence-corrected chi connectivity index (χ4v) is 4.64. The summed E-state index contributed by atoms with van der Waals surface area (Å²) in [4.78, 5) is 43.8. The molecule has 3 rings (SSSR count). The second-order valence-electron chi connectivity index (χ2n) is 8.36. The van der Waals surface area contributed by atoms with E-state index in [2.05, 4.69) is 4.98 Å².